The smallest absolute Gasteiger partial charge is 0.350 e. The molecule has 1 fully saturated rings. The van der Waals surface area contributed by atoms with Crippen molar-refractivity contribution in [2.45, 2.75) is 32.7 Å². The van der Waals surface area contributed by atoms with Crippen molar-refractivity contribution in [3.05, 3.63) is 74.6 Å². The first kappa shape index (κ1) is 23.5. The minimum Gasteiger partial charge on any atom is -0.350 e. The zero-order chi connectivity index (χ0) is 23.9. The van der Waals surface area contributed by atoms with Gasteiger partial charge in [-0.3, -0.25) is 9.36 Å². The van der Waals surface area contributed by atoms with Crippen LogP contribution in [0.25, 0.3) is 16.6 Å². The van der Waals surface area contributed by atoms with Crippen LogP contribution in [-0.2, 0) is 4.79 Å². The Labute approximate surface area is 206 Å². The van der Waals surface area contributed by atoms with Gasteiger partial charge in [-0.2, -0.15) is 4.98 Å². The van der Waals surface area contributed by atoms with Crippen molar-refractivity contribution in [3.63, 3.8) is 0 Å². The predicted molar refractivity (Wildman–Crippen MR) is 138 cm³/mol. The topological polar surface area (TPSA) is 58.4 Å². The van der Waals surface area contributed by atoms with Crippen molar-refractivity contribution in [3.8, 4) is 5.69 Å². The van der Waals surface area contributed by atoms with E-state index >= 15 is 0 Å². The number of benzene rings is 2. The highest BCUT2D eigenvalue weighted by molar-refractivity contribution is 9.10. The van der Waals surface area contributed by atoms with Crippen LogP contribution in [0.4, 0.5) is 5.82 Å². The summed E-state index contributed by atoms with van der Waals surface area (Å²) in [6.07, 6.45) is 1.33. The highest BCUT2D eigenvalue weighted by Crippen LogP contribution is 2.35. The number of carbonyl (C=O) groups excluding carboxylic acids is 1. The van der Waals surface area contributed by atoms with Gasteiger partial charge in [0.25, 0.3) is 0 Å². The number of rotatable bonds is 4. The third kappa shape index (κ3) is 4.32. The van der Waals surface area contributed by atoms with Gasteiger partial charge in [-0.25, -0.2) is 4.79 Å². The fourth-order valence-electron chi connectivity index (χ4n) is 4.44. The lowest BCUT2D eigenvalue weighted by Crippen LogP contribution is -2.54. The summed E-state index contributed by atoms with van der Waals surface area (Å²) in [7, 11) is 0. The van der Waals surface area contributed by atoms with Crippen LogP contribution in [0.3, 0.4) is 0 Å². The second kappa shape index (κ2) is 9.31. The van der Waals surface area contributed by atoms with Crippen molar-refractivity contribution in [2.24, 2.45) is 0 Å². The molecule has 1 aliphatic heterocycles. The zero-order valence-electron chi connectivity index (χ0n) is 18.9. The van der Waals surface area contributed by atoms with E-state index in [1.165, 1.54) is 6.08 Å². The summed E-state index contributed by atoms with van der Waals surface area (Å²) in [6.45, 7) is 11.4. The molecule has 0 aliphatic carbocycles. The van der Waals surface area contributed by atoms with Gasteiger partial charge in [0.05, 0.1) is 16.2 Å². The number of anilines is 1. The monoisotopic (exact) mass is 528 g/mol. The second-order valence-corrected chi connectivity index (χ2v) is 9.84. The van der Waals surface area contributed by atoms with E-state index in [0.29, 0.717) is 34.9 Å². The number of nitrogens with zero attached hydrogens (tertiary/aromatic N) is 4. The molecule has 0 unspecified atom stereocenters. The Morgan fingerprint density at radius 2 is 2.00 bits per heavy atom. The van der Waals surface area contributed by atoms with Gasteiger partial charge >= 0.3 is 5.69 Å². The van der Waals surface area contributed by atoms with E-state index < -0.39 is 0 Å². The standard InChI is InChI=1S/C25H26BrClN4O2/c1-5-23(32)29-10-11-30(16(4)14-29)24-18-12-20(27)19(26)13-22(18)31(25(33)28-24)21-9-7-6-8-17(21)15(2)3/h5-9,12-13,15-16H,1,10-11,14H2,2-4H3/t16-/m0/s1. The Hall–Kier alpha value is -2.64. The SMILES string of the molecule is C=CC(=O)N1CCN(c2nc(=O)n(-c3ccccc3C(C)C)c3cc(Br)c(Cl)cc23)[C@@H](C)C1. The van der Waals surface area contributed by atoms with Gasteiger partial charge in [0.2, 0.25) is 5.91 Å². The average Bonchev–Trinajstić information content (AvgIpc) is 2.79. The Morgan fingerprint density at radius 3 is 2.67 bits per heavy atom. The molecule has 2 aromatic carbocycles. The maximum Gasteiger partial charge on any atom is 0.354 e. The molecule has 1 amide bonds. The molecule has 1 aromatic heterocycles. The summed E-state index contributed by atoms with van der Waals surface area (Å²) < 4.78 is 2.37. The molecule has 1 atom stereocenters. The number of carbonyl (C=O) groups is 1. The van der Waals surface area contributed by atoms with E-state index in [0.717, 1.165) is 22.2 Å². The number of para-hydroxylation sites is 1. The largest absolute Gasteiger partial charge is 0.354 e. The summed E-state index contributed by atoms with van der Waals surface area (Å²) >= 11 is 10.0. The molecule has 1 saturated heterocycles. The van der Waals surface area contributed by atoms with E-state index in [1.807, 2.05) is 43.3 Å². The predicted octanol–water partition coefficient (Wildman–Crippen LogP) is 5.15. The highest BCUT2D eigenvalue weighted by atomic mass is 79.9. The summed E-state index contributed by atoms with van der Waals surface area (Å²) in [4.78, 5) is 34.0. The van der Waals surface area contributed by atoms with E-state index in [1.54, 1.807) is 9.47 Å². The van der Waals surface area contributed by atoms with Gasteiger partial charge in [-0.05, 0) is 58.6 Å². The van der Waals surface area contributed by atoms with Crippen molar-refractivity contribution in [1.29, 1.82) is 0 Å². The minimum absolute atomic E-state index is 0.0287. The van der Waals surface area contributed by atoms with Crippen molar-refractivity contribution >= 4 is 50.2 Å². The van der Waals surface area contributed by atoms with Gasteiger partial charge < -0.3 is 9.80 Å². The first-order valence-electron chi connectivity index (χ1n) is 10.9. The Kier molecular flexibility index (Phi) is 6.64. The highest BCUT2D eigenvalue weighted by Gasteiger charge is 2.29. The molecule has 0 radical (unpaired) electrons. The summed E-state index contributed by atoms with van der Waals surface area (Å²) in [5.41, 5.74) is 2.25. The molecular weight excluding hydrogens is 504 g/mol. The van der Waals surface area contributed by atoms with E-state index in [9.17, 15) is 9.59 Å². The van der Waals surface area contributed by atoms with Crippen LogP contribution < -0.4 is 10.6 Å². The number of fused-ring (bicyclic) bond motifs is 1. The Balaban J connectivity index is 1.93. The van der Waals surface area contributed by atoms with Crippen molar-refractivity contribution in [2.75, 3.05) is 24.5 Å². The average molecular weight is 530 g/mol. The van der Waals surface area contributed by atoms with Gasteiger partial charge in [0.15, 0.2) is 0 Å². The van der Waals surface area contributed by atoms with Gasteiger partial charge in [-0.1, -0.05) is 50.2 Å². The number of hydrogen-bond donors (Lipinski definition) is 0. The second-order valence-electron chi connectivity index (χ2n) is 8.58. The molecule has 3 aromatic rings. The van der Waals surface area contributed by atoms with E-state index in [-0.39, 0.29) is 23.6 Å². The number of aromatic nitrogens is 2. The molecule has 0 spiro atoms. The van der Waals surface area contributed by atoms with E-state index in [2.05, 4.69) is 46.2 Å². The molecular formula is C25H26BrClN4O2. The third-order valence-corrected chi connectivity index (χ3v) is 7.30. The zero-order valence-corrected chi connectivity index (χ0v) is 21.2. The fraction of sp³-hybridized carbons (Fsp3) is 0.320. The quantitative estimate of drug-likeness (QED) is 0.439. The number of hydrogen-bond acceptors (Lipinski definition) is 4. The van der Waals surface area contributed by atoms with Crippen LogP contribution in [0.1, 0.15) is 32.3 Å². The summed E-state index contributed by atoms with van der Waals surface area (Å²) in [5, 5.41) is 1.33. The van der Waals surface area contributed by atoms with Crippen LogP contribution in [0.2, 0.25) is 5.02 Å². The van der Waals surface area contributed by atoms with Crippen LogP contribution in [0.5, 0.6) is 0 Å². The van der Waals surface area contributed by atoms with E-state index in [4.69, 9.17) is 11.6 Å². The Bertz CT molecular complexity index is 1300. The molecule has 6 nitrogen and oxygen atoms in total. The maximum atomic E-state index is 13.5. The molecule has 4 rings (SSSR count). The van der Waals surface area contributed by atoms with Gasteiger partial charge in [0.1, 0.15) is 5.82 Å². The molecule has 8 heteroatoms. The van der Waals surface area contributed by atoms with Gasteiger partial charge in [-0.15, -0.1) is 0 Å². The van der Waals surface area contributed by atoms with Crippen molar-refractivity contribution in [1.82, 2.24) is 14.5 Å². The summed E-state index contributed by atoms with van der Waals surface area (Å²) in [5.74, 6) is 0.724. The molecule has 0 bridgehead atoms. The Morgan fingerprint density at radius 1 is 1.27 bits per heavy atom. The minimum atomic E-state index is -0.350. The lowest BCUT2D eigenvalue weighted by molar-refractivity contribution is -0.126. The molecule has 1 aliphatic rings. The summed E-state index contributed by atoms with van der Waals surface area (Å²) in [6, 6.07) is 11.6. The van der Waals surface area contributed by atoms with Crippen LogP contribution >= 0.6 is 27.5 Å². The first-order valence-corrected chi connectivity index (χ1v) is 12.1. The number of amides is 1. The van der Waals surface area contributed by atoms with Crippen molar-refractivity contribution < 1.29 is 4.79 Å². The molecule has 2 heterocycles. The molecule has 0 saturated carbocycles. The van der Waals surface area contributed by atoms with Crippen LogP contribution in [-0.4, -0.2) is 46.0 Å². The van der Waals surface area contributed by atoms with Crippen LogP contribution in [0.15, 0.2) is 58.3 Å². The number of halogens is 2. The lowest BCUT2D eigenvalue weighted by atomic mass is 10.0. The third-order valence-electron chi connectivity index (χ3n) is 6.10. The molecule has 172 valence electrons. The molecule has 0 N–H and O–H groups in total. The molecule has 33 heavy (non-hydrogen) atoms. The number of piperazine rings is 1. The first-order chi connectivity index (χ1) is 15.7. The van der Waals surface area contributed by atoms with Crippen LogP contribution in [0, 0.1) is 0 Å². The fourth-order valence-corrected chi connectivity index (χ4v) is 4.93. The lowest BCUT2D eigenvalue weighted by Gasteiger charge is -2.40. The maximum absolute atomic E-state index is 13.5. The normalized spacial score (nSPS) is 16.5. The van der Waals surface area contributed by atoms with Gasteiger partial charge in [0, 0.05) is 35.5 Å².